The molecular formula is C17H16F3NO2. The molecule has 2 aromatic carbocycles. The normalized spacial score (nSPS) is 15.7. The summed E-state index contributed by atoms with van der Waals surface area (Å²) in [6.07, 6.45) is -5.01. The van der Waals surface area contributed by atoms with E-state index in [1.165, 1.54) is 49.4 Å². The number of Topliss-reactive ketones (excluding diaryl/α,β-unsaturated/α-hetero) is 1. The molecule has 0 radical (unpaired) electrons. The summed E-state index contributed by atoms with van der Waals surface area (Å²) in [5.41, 5.74) is 1.08. The Labute approximate surface area is 131 Å². The lowest BCUT2D eigenvalue weighted by Crippen LogP contribution is -2.45. The van der Waals surface area contributed by atoms with E-state index in [9.17, 15) is 23.1 Å². The Morgan fingerprint density at radius 3 is 2.09 bits per heavy atom. The number of rotatable bonds is 4. The minimum atomic E-state index is -5.01. The van der Waals surface area contributed by atoms with Crippen molar-refractivity contribution in [1.82, 2.24) is 0 Å². The Hall–Kier alpha value is -2.18. The third kappa shape index (κ3) is 3.00. The van der Waals surface area contributed by atoms with Crippen LogP contribution < -0.4 is 5.73 Å². The van der Waals surface area contributed by atoms with E-state index in [-0.39, 0.29) is 11.1 Å². The van der Waals surface area contributed by atoms with Crippen LogP contribution in [-0.2, 0) is 5.60 Å². The summed E-state index contributed by atoms with van der Waals surface area (Å²) in [5.74, 6) is -0.667. The van der Waals surface area contributed by atoms with Gasteiger partial charge in [-0.2, -0.15) is 13.2 Å². The summed E-state index contributed by atoms with van der Waals surface area (Å²) in [7, 11) is 0. The molecule has 2 rings (SSSR count). The van der Waals surface area contributed by atoms with Crippen molar-refractivity contribution in [2.45, 2.75) is 24.7 Å². The zero-order valence-corrected chi connectivity index (χ0v) is 12.3. The number of aliphatic hydroxyl groups is 1. The zero-order valence-electron chi connectivity index (χ0n) is 12.3. The topological polar surface area (TPSA) is 63.3 Å². The molecule has 2 aromatic rings. The van der Waals surface area contributed by atoms with Crippen molar-refractivity contribution >= 4 is 5.78 Å². The average molecular weight is 323 g/mol. The highest BCUT2D eigenvalue weighted by Crippen LogP contribution is 2.45. The molecule has 1 unspecified atom stereocenters. The van der Waals surface area contributed by atoms with Gasteiger partial charge in [0.2, 0.25) is 5.60 Å². The maximum Gasteiger partial charge on any atom is 0.425 e. The van der Waals surface area contributed by atoms with Crippen molar-refractivity contribution in [3.05, 3.63) is 71.3 Å². The van der Waals surface area contributed by atoms with E-state index in [0.717, 1.165) is 6.07 Å². The third-order valence-electron chi connectivity index (χ3n) is 3.60. The molecule has 0 aliphatic heterocycles. The van der Waals surface area contributed by atoms with Crippen LogP contribution in [-0.4, -0.2) is 23.1 Å². The van der Waals surface area contributed by atoms with Gasteiger partial charge in [-0.3, -0.25) is 4.79 Å². The van der Waals surface area contributed by atoms with Crippen LogP contribution in [0.15, 0.2) is 54.6 Å². The summed E-state index contributed by atoms with van der Waals surface area (Å²) >= 11 is 0. The second kappa shape index (κ2) is 6.14. The number of ketones is 1. The SMILES string of the molecule is C[C@H](N)C(=O)c1ccccc1C(O)(c1ccccc1)C(F)(F)F. The molecule has 0 saturated heterocycles. The van der Waals surface area contributed by atoms with Gasteiger partial charge in [-0.05, 0) is 12.5 Å². The van der Waals surface area contributed by atoms with Crippen LogP contribution in [0.4, 0.5) is 13.2 Å². The quantitative estimate of drug-likeness (QED) is 0.850. The van der Waals surface area contributed by atoms with Gasteiger partial charge in [0.05, 0.1) is 6.04 Å². The van der Waals surface area contributed by atoms with Gasteiger partial charge < -0.3 is 10.8 Å². The molecule has 0 aliphatic rings. The predicted molar refractivity (Wildman–Crippen MR) is 79.9 cm³/mol. The molecule has 0 aliphatic carbocycles. The van der Waals surface area contributed by atoms with E-state index in [4.69, 9.17) is 5.73 Å². The smallest absolute Gasteiger partial charge is 0.372 e. The van der Waals surface area contributed by atoms with Gasteiger partial charge in [0.1, 0.15) is 0 Å². The summed E-state index contributed by atoms with van der Waals surface area (Å²) in [5, 5.41) is 10.6. The molecule has 0 bridgehead atoms. The van der Waals surface area contributed by atoms with Gasteiger partial charge in [-0.15, -0.1) is 0 Å². The monoisotopic (exact) mass is 323 g/mol. The van der Waals surface area contributed by atoms with Gasteiger partial charge in [0.25, 0.3) is 0 Å². The Morgan fingerprint density at radius 2 is 1.57 bits per heavy atom. The molecule has 0 saturated carbocycles. The van der Waals surface area contributed by atoms with Crippen molar-refractivity contribution in [3.8, 4) is 0 Å². The second-order valence-electron chi connectivity index (χ2n) is 5.27. The number of carbonyl (C=O) groups is 1. The fraction of sp³-hybridized carbons (Fsp3) is 0.235. The van der Waals surface area contributed by atoms with Crippen molar-refractivity contribution in [1.29, 1.82) is 0 Å². The molecule has 3 nitrogen and oxygen atoms in total. The highest BCUT2D eigenvalue weighted by Gasteiger charge is 2.57. The zero-order chi connectivity index (χ0) is 17.3. The minimum Gasteiger partial charge on any atom is -0.372 e. The van der Waals surface area contributed by atoms with Crippen LogP contribution >= 0.6 is 0 Å². The number of nitrogens with two attached hydrogens (primary N) is 1. The lowest BCUT2D eigenvalue weighted by atomic mass is 9.81. The number of benzene rings is 2. The lowest BCUT2D eigenvalue weighted by Gasteiger charge is -2.33. The Kier molecular flexibility index (Phi) is 4.58. The molecule has 0 aromatic heterocycles. The Bertz CT molecular complexity index is 698. The first-order valence-corrected chi connectivity index (χ1v) is 6.93. The average Bonchev–Trinajstić information content (AvgIpc) is 2.53. The van der Waals surface area contributed by atoms with Crippen LogP contribution in [0.2, 0.25) is 0 Å². The molecule has 2 atom stereocenters. The van der Waals surface area contributed by atoms with E-state index < -0.39 is 29.2 Å². The van der Waals surface area contributed by atoms with Gasteiger partial charge in [0.15, 0.2) is 5.78 Å². The van der Waals surface area contributed by atoms with Crippen LogP contribution in [0.25, 0.3) is 0 Å². The summed E-state index contributed by atoms with van der Waals surface area (Å²) in [6, 6.07) is 10.8. The Balaban J connectivity index is 2.76. The predicted octanol–water partition coefficient (Wildman–Crippen LogP) is 3.01. The van der Waals surface area contributed by atoms with Gasteiger partial charge in [-0.1, -0.05) is 54.6 Å². The number of hydrogen-bond donors (Lipinski definition) is 2. The highest BCUT2D eigenvalue weighted by molar-refractivity contribution is 6.01. The largest absolute Gasteiger partial charge is 0.425 e. The maximum absolute atomic E-state index is 13.7. The fourth-order valence-corrected chi connectivity index (χ4v) is 2.41. The molecule has 6 heteroatoms. The molecule has 122 valence electrons. The van der Waals surface area contributed by atoms with E-state index in [2.05, 4.69) is 0 Å². The van der Waals surface area contributed by atoms with Gasteiger partial charge in [0, 0.05) is 11.1 Å². The molecule has 0 amide bonds. The van der Waals surface area contributed by atoms with E-state index in [1.807, 2.05) is 0 Å². The third-order valence-corrected chi connectivity index (χ3v) is 3.60. The van der Waals surface area contributed by atoms with Crippen LogP contribution in [0.3, 0.4) is 0 Å². The molecule has 0 spiro atoms. The molecule has 3 N–H and O–H groups in total. The van der Waals surface area contributed by atoms with Crippen molar-refractivity contribution in [3.63, 3.8) is 0 Å². The first-order chi connectivity index (χ1) is 10.7. The standard InChI is InChI=1S/C17H16F3NO2/c1-11(21)15(22)13-9-5-6-10-14(13)16(23,17(18,19)20)12-7-3-2-4-8-12/h2-11,23H,21H2,1H3/t11-,16?/m0/s1. The molecular weight excluding hydrogens is 307 g/mol. The summed E-state index contributed by atoms with van der Waals surface area (Å²) in [6.45, 7) is 1.38. The van der Waals surface area contributed by atoms with E-state index >= 15 is 0 Å². The van der Waals surface area contributed by atoms with Crippen LogP contribution in [0.1, 0.15) is 28.4 Å². The number of hydrogen-bond acceptors (Lipinski definition) is 3. The lowest BCUT2D eigenvalue weighted by molar-refractivity contribution is -0.248. The van der Waals surface area contributed by atoms with Crippen molar-refractivity contribution < 1.29 is 23.1 Å². The summed E-state index contributed by atoms with van der Waals surface area (Å²) in [4.78, 5) is 12.2. The number of halogens is 3. The molecule has 23 heavy (non-hydrogen) atoms. The Morgan fingerprint density at radius 1 is 1.04 bits per heavy atom. The minimum absolute atomic E-state index is 0.244. The second-order valence-corrected chi connectivity index (χ2v) is 5.27. The van der Waals surface area contributed by atoms with Gasteiger partial charge in [-0.25, -0.2) is 0 Å². The van der Waals surface area contributed by atoms with Gasteiger partial charge >= 0.3 is 6.18 Å². The van der Waals surface area contributed by atoms with Crippen molar-refractivity contribution in [2.24, 2.45) is 5.73 Å². The van der Waals surface area contributed by atoms with Crippen molar-refractivity contribution in [2.75, 3.05) is 0 Å². The van der Waals surface area contributed by atoms with Crippen LogP contribution in [0, 0.1) is 0 Å². The van der Waals surface area contributed by atoms with E-state index in [1.54, 1.807) is 6.07 Å². The fourth-order valence-electron chi connectivity index (χ4n) is 2.41. The number of carbonyl (C=O) groups excluding carboxylic acids is 1. The maximum atomic E-state index is 13.7. The first kappa shape index (κ1) is 17.2. The first-order valence-electron chi connectivity index (χ1n) is 6.93. The number of alkyl halides is 3. The van der Waals surface area contributed by atoms with E-state index in [0.29, 0.717) is 0 Å². The summed E-state index contributed by atoms with van der Waals surface area (Å²) < 4.78 is 41.2. The molecule has 0 fully saturated rings. The molecule has 0 heterocycles. The van der Waals surface area contributed by atoms with Crippen LogP contribution in [0.5, 0.6) is 0 Å². The highest BCUT2D eigenvalue weighted by atomic mass is 19.4.